The van der Waals surface area contributed by atoms with Crippen LogP contribution in [-0.2, 0) is 19.6 Å². The minimum Gasteiger partial charge on any atom is -0.379 e. The third-order valence-corrected chi connectivity index (χ3v) is 7.31. The van der Waals surface area contributed by atoms with Gasteiger partial charge in [0.25, 0.3) is 0 Å². The van der Waals surface area contributed by atoms with Crippen LogP contribution in [0.4, 0.5) is 30.2 Å². The zero-order valence-corrected chi connectivity index (χ0v) is 25.1. The average molecular weight is 564 g/mol. The molecule has 0 atom stereocenters. The molecule has 8 heteroatoms. The molecule has 0 bridgehead atoms. The van der Waals surface area contributed by atoms with Crippen LogP contribution in [0.15, 0.2) is 59.0 Å². The molecule has 3 aromatic carbocycles. The summed E-state index contributed by atoms with van der Waals surface area (Å²) in [5.41, 5.74) is 13.9. The van der Waals surface area contributed by atoms with Crippen LogP contribution in [0, 0.1) is 27.7 Å². The van der Waals surface area contributed by atoms with Crippen molar-refractivity contribution in [1.29, 1.82) is 0 Å². The SMILES string of the molecule is C=Nc1cc(C)ccc1NCc1cc(C)cc2c1N=C(N1Cc3ccc(C)c(C)c3C1)N(C)C2=C.CC.FC(F)F. The number of rotatable bonds is 4. The van der Waals surface area contributed by atoms with Gasteiger partial charge < -0.3 is 15.1 Å². The number of aryl methyl sites for hydroxylation is 3. The van der Waals surface area contributed by atoms with E-state index in [-0.39, 0.29) is 0 Å². The van der Waals surface area contributed by atoms with Crippen molar-refractivity contribution >= 4 is 35.4 Å². The van der Waals surface area contributed by atoms with Crippen LogP contribution in [0.2, 0.25) is 0 Å². The summed E-state index contributed by atoms with van der Waals surface area (Å²) >= 11 is 0. The zero-order valence-electron chi connectivity index (χ0n) is 25.1. The third kappa shape index (κ3) is 6.99. The van der Waals surface area contributed by atoms with Gasteiger partial charge in [-0.1, -0.05) is 44.7 Å². The molecule has 5 rings (SSSR count). The maximum absolute atomic E-state index is 9.67. The molecule has 3 aromatic rings. The fourth-order valence-corrected chi connectivity index (χ4v) is 5.10. The van der Waals surface area contributed by atoms with E-state index in [2.05, 4.69) is 105 Å². The fraction of sp³-hybridized carbons (Fsp3) is 0.333. The highest BCUT2D eigenvalue weighted by Gasteiger charge is 2.31. The highest BCUT2D eigenvalue weighted by Crippen LogP contribution is 2.39. The lowest BCUT2D eigenvalue weighted by molar-refractivity contribution is 0.00819. The monoisotopic (exact) mass is 563 g/mol. The molecule has 218 valence electrons. The Bertz CT molecular complexity index is 1460. The van der Waals surface area contributed by atoms with E-state index in [1.165, 1.54) is 27.8 Å². The van der Waals surface area contributed by atoms with Crippen LogP contribution in [0.3, 0.4) is 0 Å². The van der Waals surface area contributed by atoms with Gasteiger partial charge in [-0.15, -0.1) is 0 Å². The molecule has 0 radical (unpaired) electrons. The molecule has 0 unspecified atom stereocenters. The lowest BCUT2D eigenvalue weighted by Gasteiger charge is -2.35. The van der Waals surface area contributed by atoms with E-state index in [0.717, 1.165) is 58.5 Å². The van der Waals surface area contributed by atoms with E-state index in [9.17, 15) is 13.2 Å². The molecule has 0 fully saturated rings. The van der Waals surface area contributed by atoms with Gasteiger partial charge in [0.2, 0.25) is 5.96 Å². The van der Waals surface area contributed by atoms with Crippen LogP contribution in [0.1, 0.15) is 58.4 Å². The number of fused-ring (bicyclic) bond motifs is 2. The largest absolute Gasteiger partial charge is 0.379 e. The quantitative estimate of drug-likeness (QED) is 0.322. The molecule has 0 saturated heterocycles. The van der Waals surface area contributed by atoms with E-state index < -0.39 is 6.68 Å². The number of hydrogen-bond acceptors (Lipinski definition) is 5. The van der Waals surface area contributed by atoms with Crippen molar-refractivity contribution in [2.24, 2.45) is 9.98 Å². The van der Waals surface area contributed by atoms with Gasteiger partial charge >= 0.3 is 6.68 Å². The number of alkyl halides is 3. The standard InChI is InChI=1S/C30H33N5.C2H6.CHF3/c1-18-8-11-27(28(14-18)31-6)32-15-24-12-19(2)13-25-22(5)34(7)30(33-29(24)25)35-16-23-10-9-20(3)21(4)26(23)17-35;1-2;2-1(3)4/h8-14,32H,5-6,15-17H2,1-4,7H3;1-2H3;1H. The lowest BCUT2D eigenvalue weighted by atomic mass is 9.99. The Balaban J connectivity index is 0.000000710. The summed E-state index contributed by atoms with van der Waals surface area (Å²) in [6, 6.07) is 15.1. The van der Waals surface area contributed by atoms with Gasteiger partial charge in [0.1, 0.15) is 0 Å². The second-order valence-electron chi connectivity index (χ2n) is 10.0. The maximum atomic E-state index is 9.67. The maximum Gasteiger partial charge on any atom is 0.379 e. The molecule has 2 heterocycles. The highest BCUT2D eigenvalue weighted by molar-refractivity contribution is 5.97. The number of benzene rings is 3. The number of hydrogen-bond donors (Lipinski definition) is 1. The van der Waals surface area contributed by atoms with E-state index >= 15 is 0 Å². The molecule has 41 heavy (non-hydrogen) atoms. The van der Waals surface area contributed by atoms with Crippen LogP contribution in [-0.4, -0.2) is 36.2 Å². The van der Waals surface area contributed by atoms with Gasteiger partial charge in [-0.05, 0) is 91.6 Å². The predicted molar refractivity (Wildman–Crippen MR) is 166 cm³/mol. The van der Waals surface area contributed by atoms with E-state index in [0.29, 0.717) is 6.54 Å². The second-order valence-corrected chi connectivity index (χ2v) is 10.0. The number of nitrogens with zero attached hydrogens (tertiary/aromatic N) is 4. The Morgan fingerprint density at radius 2 is 1.66 bits per heavy atom. The number of anilines is 1. The van der Waals surface area contributed by atoms with E-state index in [1.54, 1.807) is 0 Å². The van der Waals surface area contributed by atoms with E-state index in [4.69, 9.17) is 4.99 Å². The molecule has 1 N–H and O–H groups in total. The van der Waals surface area contributed by atoms with Crippen LogP contribution < -0.4 is 5.32 Å². The Kier molecular flexibility index (Phi) is 10.4. The summed E-state index contributed by atoms with van der Waals surface area (Å²) in [6.07, 6.45) is 0. The predicted octanol–water partition coefficient (Wildman–Crippen LogP) is 8.99. The van der Waals surface area contributed by atoms with Crippen molar-refractivity contribution in [1.82, 2.24) is 9.80 Å². The van der Waals surface area contributed by atoms with Crippen molar-refractivity contribution in [3.8, 4) is 0 Å². The minimum atomic E-state index is -3.67. The first-order valence-electron chi connectivity index (χ1n) is 13.7. The Morgan fingerprint density at radius 1 is 0.976 bits per heavy atom. The van der Waals surface area contributed by atoms with E-state index in [1.807, 2.05) is 19.9 Å². The summed E-state index contributed by atoms with van der Waals surface area (Å²) in [6.45, 7) is 19.5. The Labute approximate surface area is 242 Å². The summed E-state index contributed by atoms with van der Waals surface area (Å²) < 4.78 is 29.0. The molecule has 0 spiro atoms. The molecule has 0 aliphatic carbocycles. The topological polar surface area (TPSA) is 43.2 Å². The van der Waals surface area contributed by atoms with Crippen molar-refractivity contribution in [2.75, 3.05) is 12.4 Å². The van der Waals surface area contributed by atoms with Gasteiger partial charge in [-0.2, -0.15) is 13.2 Å². The fourth-order valence-electron chi connectivity index (χ4n) is 5.10. The minimum absolute atomic E-state index is 0.641. The molecular weight excluding hydrogens is 523 g/mol. The molecule has 5 nitrogen and oxygen atoms in total. The first kappa shape index (κ1) is 31.5. The number of nitrogens with one attached hydrogen (secondary N) is 1. The third-order valence-electron chi connectivity index (χ3n) is 7.31. The highest BCUT2D eigenvalue weighted by atomic mass is 19.4. The molecule has 0 amide bonds. The van der Waals surface area contributed by atoms with Crippen LogP contribution in [0.25, 0.3) is 5.70 Å². The number of guanidine groups is 1. The molecular formula is C33H40F3N5. The molecule has 2 aliphatic rings. The molecule has 0 saturated carbocycles. The summed E-state index contributed by atoms with van der Waals surface area (Å²) in [4.78, 5) is 13.9. The lowest BCUT2D eigenvalue weighted by Crippen LogP contribution is -2.40. The van der Waals surface area contributed by atoms with Gasteiger partial charge in [-0.25, -0.2) is 4.99 Å². The molecule has 0 aromatic heterocycles. The number of halogens is 3. The summed E-state index contributed by atoms with van der Waals surface area (Å²) in [5, 5.41) is 3.56. The summed E-state index contributed by atoms with van der Waals surface area (Å²) in [5.74, 6) is 0.949. The van der Waals surface area contributed by atoms with Gasteiger partial charge in [0.15, 0.2) is 0 Å². The summed E-state index contributed by atoms with van der Waals surface area (Å²) in [7, 11) is 2.07. The van der Waals surface area contributed by atoms with Crippen molar-refractivity contribution in [2.45, 2.75) is 67.9 Å². The van der Waals surface area contributed by atoms with Crippen molar-refractivity contribution < 1.29 is 13.2 Å². The Hall–Kier alpha value is -4.07. The van der Waals surface area contributed by atoms with Crippen LogP contribution in [0.5, 0.6) is 0 Å². The first-order chi connectivity index (χ1) is 19.5. The zero-order chi connectivity index (χ0) is 30.4. The normalized spacial score (nSPS) is 13.4. The van der Waals surface area contributed by atoms with Crippen molar-refractivity contribution in [3.63, 3.8) is 0 Å². The first-order valence-corrected chi connectivity index (χ1v) is 13.7. The number of aliphatic imine (C=N–C) groups is 2. The molecule has 2 aliphatic heterocycles. The van der Waals surface area contributed by atoms with Gasteiger partial charge in [0.05, 0.1) is 17.1 Å². The average Bonchev–Trinajstić information content (AvgIpc) is 3.38. The van der Waals surface area contributed by atoms with Gasteiger partial charge in [0, 0.05) is 37.9 Å². The van der Waals surface area contributed by atoms with Crippen molar-refractivity contribution in [3.05, 3.63) is 93.6 Å². The second kappa shape index (κ2) is 13.5. The van der Waals surface area contributed by atoms with Gasteiger partial charge in [-0.3, -0.25) is 4.99 Å². The van der Waals surface area contributed by atoms with Crippen LogP contribution >= 0.6 is 0 Å². The Morgan fingerprint density at radius 3 is 2.32 bits per heavy atom. The smallest absolute Gasteiger partial charge is 0.379 e.